The van der Waals surface area contributed by atoms with Gasteiger partial charge in [0, 0.05) is 17.8 Å². The van der Waals surface area contributed by atoms with Crippen LogP contribution in [0.15, 0.2) is 42.5 Å². The zero-order chi connectivity index (χ0) is 17.5. The third-order valence-electron chi connectivity index (χ3n) is 3.35. The van der Waals surface area contributed by atoms with Gasteiger partial charge in [0.1, 0.15) is 23.4 Å². The number of ether oxygens (including phenoxy) is 2. The molecule has 2 aromatic rings. The van der Waals surface area contributed by atoms with Gasteiger partial charge in [-0.3, -0.25) is 0 Å². The van der Waals surface area contributed by atoms with Crippen molar-refractivity contribution in [2.75, 3.05) is 26.1 Å². The Morgan fingerprint density at radius 1 is 1.17 bits per heavy atom. The van der Waals surface area contributed by atoms with E-state index in [1.807, 2.05) is 0 Å². The summed E-state index contributed by atoms with van der Waals surface area (Å²) in [5.41, 5.74) is 0.946. The molecule has 0 aliphatic carbocycles. The van der Waals surface area contributed by atoms with E-state index in [1.165, 1.54) is 38.5 Å². The van der Waals surface area contributed by atoms with E-state index < -0.39 is 12.1 Å². The van der Waals surface area contributed by atoms with Crippen LogP contribution in [0.3, 0.4) is 0 Å². The molecule has 0 saturated heterocycles. The van der Waals surface area contributed by atoms with Crippen LogP contribution in [-0.4, -0.2) is 31.9 Å². The first-order valence-corrected chi connectivity index (χ1v) is 7.24. The van der Waals surface area contributed by atoms with Crippen molar-refractivity contribution in [1.29, 1.82) is 0 Å². The Hall–Kier alpha value is -2.80. The largest absolute Gasteiger partial charge is 0.497 e. The smallest absolute Gasteiger partial charge is 0.319 e. The monoisotopic (exact) mass is 334 g/mol. The topological polar surface area (TPSA) is 79.8 Å². The van der Waals surface area contributed by atoms with E-state index in [0.717, 1.165) is 0 Å². The molecule has 7 heteroatoms. The van der Waals surface area contributed by atoms with Crippen LogP contribution in [0.1, 0.15) is 11.7 Å². The SMILES string of the molecule is COc1ccc(OC)c(C(O)CNC(=O)Nc2ccc(F)cc2)c1. The van der Waals surface area contributed by atoms with Crippen LogP contribution < -0.4 is 20.1 Å². The lowest BCUT2D eigenvalue weighted by Gasteiger charge is -2.17. The van der Waals surface area contributed by atoms with Gasteiger partial charge in [0.15, 0.2) is 0 Å². The second-order valence-corrected chi connectivity index (χ2v) is 4.97. The number of amides is 2. The molecule has 1 atom stereocenters. The molecule has 24 heavy (non-hydrogen) atoms. The van der Waals surface area contributed by atoms with Gasteiger partial charge in [-0.15, -0.1) is 0 Å². The number of urea groups is 1. The summed E-state index contributed by atoms with van der Waals surface area (Å²) in [6.07, 6.45) is -0.978. The molecule has 3 N–H and O–H groups in total. The predicted octanol–water partition coefficient (Wildman–Crippen LogP) is 2.70. The summed E-state index contributed by atoms with van der Waals surface area (Å²) in [6, 6.07) is 9.88. The van der Waals surface area contributed by atoms with Crippen LogP contribution in [0.2, 0.25) is 0 Å². The van der Waals surface area contributed by atoms with Gasteiger partial charge < -0.3 is 25.2 Å². The average Bonchev–Trinajstić information content (AvgIpc) is 2.61. The maximum Gasteiger partial charge on any atom is 0.319 e. The molecule has 2 amide bonds. The number of halogens is 1. The quantitative estimate of drug-likeness (QED) is 0.759. The highest BCUT2D eigenvalue weighted by Crippen LogP contribution is 2.29. The molecule has 0 bridgehead atoms. The second-order valence-electron chi connectivity index (χ2n) is 4.97. The predicted molar refractivity (Wildman–Crippen MR) is 87.9 cm³/mol. The summed E-state index contributed by atoms with van der Waals surface area (Å²) in [7, 11) is 3.01. The molecule has 0 radical (unpaired) electrons. The van der Waals surface area contributed by atoms with E-state index in [2.05, 4.69) is 10.6 Å². The molecule has 0 aliphatic heterocycles. The van der Waals surface area contributed by atoms with Crippen molar-refractivity contribution in [1.82, 2.24) is 5.32 Å². The molecule has 6 nitrogen and oxygen atoms in total. The van der Waals surface area contributed by atoms with E-state index in [9.17, 15) is 14.3 Å². The number of aliphatic hydroxyl groups is 1. The summed E-state index contributed by atoms with van der Waals surface area (Å²) >= 11 is 0. The van der Waals surface area contributed by atoms with Gasteiger partial charge in [-0.05, 0) is 42.5 Å². The lowest BCUT2D eigenvalue weighted by molar-refractivity contribution is 0.170. The van der Waals surface area contributed by atoms with Gasteiger partial charge in [0.05, 0.1) is 14.2 Å². The Morgan fingerprint density at radius 3 is 2.50 bits per heavy atom. The van der Waals surface area contributed by atoms with Crippen molar-refractivity contribution in [2.24, 2.45) is 0 Å². The zero-order valence-electron chi connectivity index (χ0n) is 13.4. The Bertz CT molecular complexity index is 691. The number of hydrogen-bond acceptors (Lipinski definition) is 4. The van der Waals surface area contributed by atoms with E-state index >= 15 is 0 Å². The molecule has 0 aromatic heterocycles. The molecule has 0 heterocycles. The Morgan fingerprint density at radius 2 is 1.88 bits per heavy atom. The highest BCUT2D eigenvalue weighted by atomic mass is 19.1. The normalized spacial score (nSPS) is 11.5. The lowest BCUT2D eigenvalue weighted by Crippen LogP contribution is -2.32. The second kappa shape index (κ2) is 8.16. The number of rotatable bonds is 6. The van der Waals surface area contributed by atoms with Crippen LogP contribution in [-0.2, 0) is 0 Å². The van der Waals surface area contributed by atoms with Crippen LogP contribution in [0.25, 0.3) is 0 Å². The van der Waals surface area contributed by atoms with Gasteiger partial charge in [-0.25, -0.2) is 9.18 Å². The average molecular weight is 334 g/mol. The van der Waals surface area contributed by atoms with Gasteiger partial charge in [0.2, 0.25) is 0 Å². The van der Waals surface area contributed by atoms with Gasteiger partial charge >= 0.3 is 6.03 Å². The van der Waals surface area contributed by atoms with Crippen molar-refractivity contribution in [3.05, 3.63) is 53.8 Å². The lowest BCUT2D eigenvalue weighted by atomic mass is 10.1. The first-order chi connectivity index (χ1) is 11.5. The fraction of sp³-hybridized carbons (Fsp3) is 0.235. The number of nitrogens with one attached hydrogen (secondary N) is 2. The first-order valence-electron chi connectivity index (χ1n) is 7.24. The minimum absolute atomic E-state index is 0.0312. The third-order valence-corrected chi connectivity index (χ3v) is 3.35. The number of benzene rings is 2. The number of aliphatic hydroxyl groups excluding tert-OH is 1. The standard InChI is InChI=1S/C17H19FN2O4/c1-23-13-7-8-16(24-2)14(9-13)15(21)10-19-17(22)20-12-5-3-11(18)4-6-12/h3-9,15,21H,10H2,1-2H3,(H2,19,20,22). The Labute approximate surface area is 139 Å². The highest BCUT2D eigenvalue weighted by Gasteiger charge is 2.15. The molecule has 2 rings (SSSR count). The molecular formula is C17H19FN2O4. The summed E-state index contributed by atoms with van der Waals surface area (Å²) in [6.45, 7) is -0.0312. The van der Waals surface area contributed by atoms with Crippen molar-refractivity contribution in [3.63, 3.8) is 0 Å². The summed E-state index contributed by atoms with van der Waals surface area (Å²) < 4.78 is 23.1. The van der Waals surface area contributed by atoms with Crippen LogP contribution >= 0.6 is 0 Å². The summed E-state index contributed by atoms with van der Waals surface area (Å²) in [5, 5.41) is 15.4. The van der Waals surface area contributed by atoms with Crippen molar-refractivity contribution in [3.8, 4) is 11.5 Å². The summed E-state index contributed by atoms with van der Waals surface area (Å²) in [5.74, 6) is 0.672. The van der Waals surface area contributed by atoms with E-state index in [-0.39, 0.29) is 12.4 Å². The number of carbonyl (C=O) groups is 1. The fourth-order valence-electron chi connectivity index (χ4n) is 2.11. The van der Waals surface area contributed by atoms with Gasteiger partial charge in [-0.1, -0.05) is 0 Å². The van der Waals surface area contributed by atoms with Crippen LogP contribution in [0, 0.1) is 5.82 Å². The molecule has 2 aromatic carbocycles. The molecule has 0 saturated carbocycles. The van der Waals surface area contributed by atoms with E-state index in [1.54, 1.807) is 18.2 Å². The number of carbonyl (C=O) groups excluding carboxylic acids is 1. The Kier molecular flexibility index (Phi) is 5.97. The maximum atomic E-state index is 12.8. The molecule has 1 unspecified atom stereocenters. The number of hydrogen-bond donors (Lipinski definition) is 3. The summed E-state index contributed by atoms with van der Waals surface area (Å²) in [4.78, 5) is 11.8. The number of methoxy groups -OCH3 is 2. The van der Waals surface area contributed by atoms with Crippen molar-refractivity contribution in [2.45, 2.75) is 6.10 Å². The maximum absolute atomic E-state index is 12.8. The first kappa shape index (κ1) is 17.6. The van der Waals surface area contributed by atoms with Crippen molar-refractivity contribution >= 4 is 11.7 Å². The minimum atomic E-state index is -0.978. The third kappa shape index (κ3) is 4.60. The zero-order valence-corrected chi connectivity index (χ0v) is 13.4. The molecule has 0 aliphatic rings. The molecule has 0 spiro atoms. The fourth-order valence-corrected chi connectivity index (χ4v) is 2.11. The van der Waals surface area contributed by atoms with Crippen molar-refractivity contribution < 1.29 is 23.8 Å². The van der Waals surface area contributed by atoms with Gasteiger partial charge in [-0.2, -0.15) is 0 Å². The van der Waals surface area contributed by atoms with E-state index in [0.29, 0.717) is 22.7 Å². The number of anilines is 1. The molecule has 128 valence electrons. The van der Waals surface area contributed by atoms with Gasteiger partial charge in [0.25, 0.3) is 0 Å². The van der Waals surface area contributed by atoms with Crippen LogP contribution in [0.4, 0.5) is 14.9 Å². The van der Waals surface area contributed by atoms with E-state index in [4.69, 9.17) is 9.47 Å². The molecule has 0 fully saturated rings. The molecular weight excluding hydrogens is 315 g/mol. The minimum Gasteiger partial charge on any atom is -0.497 e. The highest BCUT2D eigenvalue weighted by molar-refractivity contribution is 5.89. The Balaban J connectivity index is 1.95. The van der Waals surface area contributed by atoms with Crippen LogP contribution in [0.5, 0.6) is 11.5 Å².